The van der Waals surface area contributed by atoms with Gasteiger partial charge in [-0.2, -0.15) is 13.8 Å². The molecular formula is C12H13F2N3O2. The first-order valence-corrected chi connectivity index (χ1v) is 5.77. The molecule has 0 aliphatic heterocycles. The van der Waals surface area contributed by atoms with Gasteiger partial charge in [0.15, 0.2) is 5.82 Å². The number of nitrogens with one attached hydrogen (secondary N) is 1. The SMILES string of the molecule is CCNCc1noc(-c2cccc(OC(F)F)c2)n1. The number of hydrogen-bond donors (Lipinski definition) is 1. The zero-order chi connectivity index (χ0) is 13.7. The number of nitrogens with zero attached hydrogens (tertiary/aromatic N) is 2. The van der Waals surface area contributed by atoms with Crippen molar-refractivity contribution >= 4 is 0 Å². The maximum absolute atomic E-state index is 12.1. The molecule has 0 spiro atoms. The van der Waals surface area contributed by atoms with E-state index in [4.69, 9.17) is 4.52 Å². The van der Waals surface area contributed by atoms with Crippen molar-refractivity contribution in [3.05, 3.63) is 30.1 Å². The highest BCUT2D eigenvalue weighted by atomic mass is 19.3. The van der Waals surface area contributed by atoms with Crippen molar-refractivity contribution in [3.63, 3.8) is 0 Å². The molecule has 0 aliphatic rings. The average molecular weight is 269 g/mol. The Morgan fingerprint density at radius 3 is 3.00 bits per heavy atom. The molecule has 0 amide bonds. The van der Waals surface area contributed by atoms with Gasteiger partial charge in [0.05, 0.1) is 6.54 Å². The van der Waals surface area contributed by atoms with Crippen LogP contribution in [0.5, 0.6) is 5.75 Å². The molecule has 2 aromatic rings. The molecule has 0 unspecified atom stereocenters. The Hall–Kier alpha value is -2.02. The lowest BCUT2D eigenvalue weighted by molar-refractivity contribution is -0.0498. The van der Waals surface area contributed by atoms with Gasteiger partial charge in [0.25, 0.3) is 5.89 Å². The summed E-state index contributed by atoms with van der Waals surface area (Å²) in [5, 5.41) is 6.84. The summed E-state index contributed by atoms with van der Waals surface area (Å²) in [5.74, 6) is 0.837. The average Bonchev–Trinajstić information content (AvgIpc) is 2.84. The van der Waals surface area contributed by atoms with Gasteiger partial charge < -0.3 is 14.6 Å². The molecule has 0 aliphatic carbocycles. The number of halogens is 2. The second-order valence-electron chi connectivity index (χ2n) is 3.70. The van der Waals surface area contributed by atoms with E-state index in [0.717, 1.165) is 6.54 Å². The summed E-state index contributed by atoms with van der Waals surface area (Å²) < 4.78 is 33.6. The van der Waals surface area contributed by atoms with Crippen molar-refractivity contribution in [2.45, 2.75) is 20.1 Å². The Balaban J connectivity index is 2.14. The molecule has 1 aromatic heterocycles. The van der Waals surface area contributed by atoms with Gasteiger partial charge in [-0.15, -0.1) is 0 Å². The van der Waals surface area contributed by atoms with Gasteiger partial charge in [-0.05, 0) is 24.7 Å². The van der Waals surface area contributed by atoms with Gasteiger partial charge in [-0.25, -0.2) is 0 Å². The Kier molecular flexibility index (Phi) is 4.40. The van der Waals surface area contributed by atoms with E-state index < -0.39 is 6.61 Å². The fourth-order valence-electron chi connectivity index (χ4n) is 1.49. The van der Waals surface area contributed by atoms with E-state index in [1.165, 1.54) is 12.1 Å². The Morgan fingerprint density at radius 2 is 2.26 bits per heavy atom. The first-order chi connectivity index (χ1) is 9.19. The first-order valence-electron chi connectivity index (χ1n) is 5.77. The first kappa shape index (κ1) is 13.4. The van der Waals surface area contributed by atoms with E-state index >= 15 is 0 Å². The van der Waals surface area contributed by atoms with E-state index in [1.54, 1.807) is 12.1 Å². The summed E-state index contributed by atoms with van der Waals surface area (Å²) in [7, 11) is 0. The molecule has 0 saturated heterocycles. The second-order valence-corrected chi connectivity index (χ2v) is 3.70. The van der Waals surface area contributed by atoms with Crippen LogP contribution in [0.25, 0.3) is 11.5 Å². The molecular weight excluding hydrogens is 256 g/mol. The third-order valence-electron chi connectivity index (χ3n) is 2.31. The van der Waals surface area contributed by atoms with Crippen molar-refractivity contribution in [2.24, 2.45) is 0 Å². The predicted octanol–water partition coefficient (Wildman–Crippen LogP) is 2.45. The molecule has 0 atom stereocenters. The van der Waals surface area contributed by atoms with Crippen LogP contribution in [0.4, 0.5) is 8.78 Å². The summed E-state index contributed by atoms with van der Waals surface area (Å²) in [4.78, 5) is 4.15. The minimum Gasteiger partial charge on any atom is -0.435 e. The van der Waals surface area contributed by atoms with Crippen LogP contribution < -0.4 is 10.1 Å². The molecule has 102 valence electrons. The highest BCUT2D eigenvalue weighted by Crippen LogP contribution is 2.23. The van der Waals surface area contributed by atoms with E-state index in [9.17, 15) is 8.78 Å². The van der Waals surface area contributed by atoms with Crippen LogP contribution in [0, 0.1) is 0 Å². The number of hydrogen-bond acceptors (Lipinski definition) is 5. The second kappa shape index (κ2) is 6.24. The molecule has 0 bridgehead atoms. The molecule has 1 aromatic carbocycles. The third kappa shape index (κ3) is 3.72. The van der Waals surface area contributed by atoms with Gasteiger partial charge in [-0.1, -0.05) is 18.1 Å². The van der Waals surface area contributed by atoms with Crippen LogP contribution in [0.15, 0.2) is 28.8 Å². The molecule has 7 heteroatoms. The Morgan fingerprint density at radius 1 is 1.42 bits per heavy atom. The van der Waals surface area contributed by atoms with Crippen molar-refractivity contribution in [2.75, 3.05) is 6.54 Å². The quantitative estimate of drug-likeness (QED) is 0.872. The molecule has 19 heavy (non-hydrogen) atoms. The smallest absolute Gasteiger partial charge is 0.387 e. The lowest BCUT2D eigenvalue weighted by Gasteiger charge is -2.04. The Labute approximate surface area is 108 Å². The molecule has 5 nitrogen and oxygen atoms in total. The van der Waals surface area contributed by atoms with Crippen molar-refractivity contribution in [1.82, 2.24) is 15.5 Å². The summed E-state index contributed by atoms with van der Waals surface area (Å²) in [6.45, 7) is 0.392. The maximum Gasteiger partial charge on any atom is 0.387 e. The molecule has 1 N–H and O–H groups in total. The predicted molar refractivity (Wildman–Crippen MR) is 63.7 cm³/mol. The number of rotatable bonds is 6. The zero-order valence-electron chi connectivity index (χ0n) is 10.3. The van der Waals surface area contributed by atoms with Crippen LogP contribution in [0.1, 0.15) is 12.7 Å². The fourth-order valence-corrected chi connectivity index (χ4v) is 1.49. The van der Waals surface area contributed by atoms with Gasteiger partial charge >= 0.3 is 6.61 Å². The van der Waals surface area contributed by atoms with Gasteiger partial charge in [0, 0.05) is 5.56 Å². The minimum atomic E-state index is -2.86. The number of aromatic nitrogens is 2. The van der Waals surface area contributed by atoms with E-state index in [1.807, 2.05) is 6.92 Å². The lowest BCUT2D eigenvalue weighted by atomic mass is 10.2. The van der Waals surface area contributed by atoms with Crippen LogP contribution in [-0.2, 0) is 6.54 Å². The monoisotopic (exact) mass is 269 g/mol. The van der Waals surface area contributed by atoms with Crippen LogP contribution in [0.2, 0.25) is 0 Å². The van der Waals surface area contributed by atoms with E-state index in [0.29, 0.717) is 17.9 Å². The highest BCUT2D eigenvalue weighted by Gasteiger charge is 2.10. The molecule has 0 saturated carbocycles. The zero-order valence-corrected chi connectivity index (χ0v) is 10.3. The van der Waals surface area contributed by atoms with Crippen LogP contribution in [-0.4, -0.2) is 23.3 Å². The van der Waals surface area contributed by atoms with E-state index in [-0.39, 0.29) is 11.6 Å². The number of benzene rings is 1. The van der Waals surface area contributed by atoms with Crippen molar-refractivity contribution in [1.29, 1.82) is 0 Å². The normalized spacial score (nSPS) is 10.9. The molecule has 1 heterocycles. The largest absolute Gasteiger partial charge is 0.435 e. The summed E-state index contributed by atoms with van der Waals surface area (Å²) in [6.07, 6.45) is 0. The highest BCUT2D eigenvalue weighted by molar-refractivity contribution is 5.55. The van der Waals surface area contributed by atoms with E-state index in [2.05, 4.69) is 20.2 Å². The van der Waals surface area contributed by atoms with Crippen molar-refractivity contribution < 1.29 is 18.0 Å². The van der Waals surface area contributed by atoms with Crippen LogP contribution >= 0.6 is 0 Å². The van der Waals surface area contributed by atoms with Gasteiger partial charge in [0.1, 0.15) is 5.75 Å². The topological polar surface area (TPSA) is 60.2 Å². The fraction of sp³-hybridized carbons (Fsp3) is 0.333. The van der Waals surface area contributed by atoms with Gasteiger partial charge in [0.2, 0.25) is 0 Å². The summed E-state index contributed by atoms with van der Waals surface area (Å²) in [6, 6.07) is 6.13. The standard InChI is InChI=1S/C12H13F2N3O2/c1-2-15-7-10-16-11(19-17-10)8-4-3-5-9(6-8)18-12(13)14/h3-6,12,15H,2,7H2,1H3. The Bertz CT molecular complexity index is 531. The van der Waals surface area contributed by atoms with Gasteiger partial charge in [-0.3, -0.25) is 0 Å². The minimum absolute atomic E-state index is 0.0546. The molecule has 0 radical (unpaired) electrons. The number of alkyl halides is 2. The lowest BCUT2D eigenvalue weighted by Crippen LogP contribution is -2.12. The summed E-state index contributed by atoms with van der Waals surface area (Å²) >= 11 is 0. The third-order valence-corrected chi connectivity index (χ3v) is 2.31. The summed E-state index contributed by atoms with van der Waals surface area (Å²) in [5.41, 5.74) is 0.536. The maximum atomic E-state index is 12.1. The molecule has 2 rings (SSSR count). The molecule has 0 fully saturated rings. The van der Waals surface area contributed by atoms with Crippen LogP contribution in [0.3, 0.4) is 0 Å². The number of ether oxygens (including phenoxy) is 1. The van der Waals surface area contributed by atoms with Crippen molar-refractivity contribution in [3.8, 4) is 17.2 Å².